The Labute approximate surface area is 86.9 Å². The number of aryl methyl sites for hydroxylation is 1. The van der Waals surface area contributed by atoms with Gasteiger partial charge in [0.1, 0.15) is 0 Å². The molecule has 1 heteroatoms. The Hall–Kier alpha value is -0.490. The van der Waals surface area contributed by atoms with E-state index in [-0.39, 0.29) is 0 Å². The highest BCUT2D eigenvalue weighted by molar-refractivity contribution is 6.17. The number of benzene rings is 1. The van der Waals surface area contributed by atoms with Crippen LogP contribution in [0, 0.1) is 0 Å². The summed E-state index contributed by atoms with van der Waals surface area (Å²) in [5.74, 6) is 0.617. The minimum Gasteiger partial charge on any atom is -0.122 e. The van der Waals surface area contributed by atoms with Crippen LogP contribution in [0.2, 0.25) is 0 Å². The largest absolute Gasteiger partial charge is 0.122 e. The van der Waals surface area contributed by atoms with Gasteiger partial charge in [0.2, 0.25) is 0 Å². The summed E-state index contributed by atoms with van der Waals surface area (Å²) in [6, 6.07) is 8.50. The molecular weight excluding hydrogens is 180 g/mol. The van der Waals surface area contributed by atoms with Crippen molar-refractivity contribution in [3.8, 4) is 0 Å². The van der Waals surface area contributed by atoms with E-state index in [4.69, 9.17) is 11.6 Å². The summed E-state index contributed by atoms with van der Waals surface area (Å²) >= 11 is 5.66. The quantitative estimate of drug-likeness (QED) is 0.632. The van der Waals surface area contributed by atoms with Crippen LogP contribution in [0.1, 0.15) is 38.3 Å². The van der Waals surface area contributed by atoms with Gasteiger partial charge in [-0.25, -0.2) is 0 Å². The monoisotopic (exact) mass is 198 g/mol. The lowest BCUT2D eigenvalue weighted by molar-refractivity contribution is 0.921. The van der Waals surface area contributed by atoms with Crippen LogP contribution < -0.4 is 0 Å². The molecule has 0 amide bonds. The fraction of sp³-hybridized carbons (Fsp3) is 0.500. The van der Waals surface area contributed by atoms with E-state index in [2.05, 4.69) is 31.2 Å². The first-order chi connectivity index (χ1) is 6.36. The van der Waals surface area contributed by atoms with E-state index in [0.29, 0.717) is 5.88 Å². The highest BCUT2D eigenvalue weighted by Gasteiger charge is 1.91. The molecule has 0 heterocycles. The number of alkyl halides is 1. The van der Waals surface area contributed by atoms with Gasteiger partial charge in [-0.2, -0.15) is 0 Å². The molecule has 0 aliphatic carbocycles. The zero-order valence-corrected chi connectivity index (χ0v) is 9.56. The summed E-state index contributed by atoms with van der Waals surface area (Å²) < 4.78 is 0. The molecule has 0 unspecified atom stereocenters. The van der Waals surface area contributed by atoms with Gasteiger partial charge in [-0.3, -0.25) is 0 Å². The van der Waals surface area contributed by atoms with Crippen molar-refractivity contribution in [2.75, 3.05) is 0 Å². The van der Waals surface area contributed by atoms with Crippen LogP contribution >= 0.6 is 11.6 Å². The summed E-state index contributed by atoms with van der Waals surface area (Å²) in [5.41, 5.74) is 2.60. The molecular formula is C12H19Cl. The van der Waals surface area contributed by atoms with Gasteiger partial charge in [0.25, 0.3) is 0 Å². The normalized spacial score (nSPS) is 8.92. The van der Waals surface area contributed by atoms with Crippen molar-refractivity contribution >= 4 is 11.6 Å². The van der Waals surface area contributed by atoms with Crippen molar-refractivity contribution in [1.29, 1.82) is 0 Å². The van der Waals surface area contributed by atoms with Gasteiger partial charge in [0, 0.05) is 5.88 Å². The van der Waals surface area contributed by atoms with Crippen LogP contribution in [0.5, 0.6) is 0 Å². The predicted molar refractivity (Wildman–Crippen MR) is 61.3 cm³/mol. The SMILES string of the molecule is CC.CCCc1ccc(CCl)cc1. The summed E-state index contributed by atoms with van der Waals surface area (Å²) in [5, 5.41) is 0. The van der Waals surface area contributed by atoms with Crippen molar-refractivity contribution in [3.63, 3.8) is 0 Å². The summed E-state index contributed by atoms with van der Waals surface area (Å²) in [4.78, 5) is 0. The van der Waals surface area contributed by atoms with Gasteiger partial charge in [-0.15, -0.1) is 11.6 Å². The minimum atomic E-state index is 0.617. The van der Waals surface area contributed by atoms with Gasteiger partial charge >= 0.3 is 0 Å². The molecule has 1 rings (SSSR count). The fourth-order valence-corrected chi connectivity index (χ4v) is 1.26. The van der Waals surface area contributed by atoms with Crippen LogP contribution in [0.25, 0.3) is 0 Å². The molecule has 1 aromatic rings. The van der Waals surface area contributed by atoms with E-state index >= 15 is 0 Å². The molecule has 0 saturated heterocycles. The second-order valence-electron chi connectivity index (χ2n) is 2.70. The Balaban J connectivity index is 0.000000671. The number of hydrogen-bond acceptors (Lipinski definition) is 0. The number of rotatable bonds is 3. The zero-order chi connectivity index (χ0) is 10.1. The maximum absolute atomic E-state index is 5.66. The molecule has 0 aliphatic heterocycles. The Bertz CT molecular complexity index is 201. The van der Waals surface area contributed by atoms with Gasteiger partial charge in [0.05, 0.1) is 0 Å². The smallest absolute Gasteiger partial charge is 0.0474 e. The van der Waals surface area contributed by atoms with E-state index in [1.54, 1.807) is 0 Å². The minimum absolute atomic E-state index is 0.617. The average Bonchev–Trinajstić information content (AvgIpc) is 2.23. The van der Waals surface area contributed by atoms with Crippen molar-refractivity contribution in [3.05, 3.63) is 35.4 Å². The maximum atomic E-state index is 5.66. The lowest BCUT2D eigenvalue weighted by Gasteiger charge is -1.98. The number of halogens is 1. The van der Waals surface area contributed by atoms with Gasteiger partial charge in [-0.1, -0.05) is 51.5 Å². The summed E-state index contributed by atoms with van der Waals surface area (Å²) in [7, 11) is 0. The topological polar surface area (TPSA) is 0 Å². The van der Waals surface area contributed by atoms with Crippen LogP contribution in [0.3, 0.4) is 0 Å². The molecule has 0 bridgehead atoms. The van der Waals surface area contributed by atoms with E-state index in [1.807, 2.05) is 13.8 Å². The summed E-state index contributed by atoms with van der Waals surface area (Å²) in [6.07, 6.45) is 2.38. The summed E-state index contributed by atoms with van der Waals surface area (Å²) in [6.45, 7) is 6.19. The first kappa shape index (κ1) is 12.5. The standard InChI is InChI=1S/C10H13Cl.C2H6/c1-2-3-9-4-6-10(8-11)7-5-9;1-2/h4-7H,2-3,8H2,1H3;1-2H3. The van der Waals surface area contributed by atoms with E-state index in [1.165, 1.54) is 24.0 Å². The molecule has 13 heavy (non-hydrogen) atoms. The maximum Gasteiger partial charge on any atom is 0.0474 e. The molecule has 0 spiro atoms. The van der Waals surface area contributed by atoms with Gasteiger partial charge in [0.15, 0.2) is 0 Å². The van der Waals surface area contributed by atoms with Gasteiger partial charge < -0.3 is 0 Å². The van der Waals surface area contributed by atoms with E-state index < -0.39 is 0 Å². The third-order valence-electron chi connectivity index (χ3n) is 1.72. The van der Waals surface area contributed by atoms with E-state index in [9.17, 15) is 0 Å². The van der Waals surface area contributed by atoms with Crippen molar-refractivity contribution in [1.82, 2.24) is 0 Å². The first-order valence-electron chi connectivity index (χ1n) is 5.00. The molecule has 74 valence electrons. The highest BCUT2D eigenvalue weighted by atomic mass is 35.5. The Morgan fingerprint density at radius 2 is 1.46 bits per heavy atom. The van der Waals surface area contributed by atoms with Crippen LogP contribution in [-0.2, 0) is 12.3 Å². The molecule has 0 aliphatic rings. The Morgan fingerprint density at radius 1 is 1.00 bits per heavy atom. The first-order valence-corrected chi connectivity index (χ1v) is 5.54. The molecule has 0 N–H and O–H groups in total. The van der Waals surface area contributed by atoms with Crippen LogP contribution in [0.4, 0.5) is 0 Å². The van der Waals surface area contributed by atoms with Crippen LogP contribution in [-0.4, -0.2) is 0 Å². The molecule has 0 fully saturated rings. The molecule has 1 aromatic carbocycles. The lowest BCUT2D eigenvalue weighted by atomic mass is 10.1. The fourth-order valence-electron chi connectivity index (χ4n) is 1.08. The van der Waals surface area contributed by atoms with Crippen molar-refractivity contribution in [2.45, 2.75) is 39.5 Å². The molecule has 0 saturated carbocycles. The average molecular weight is 199 g/mol. The number of hydrogen-bond donors (Lipinski definition) is 0. The second-order valence-corrected chi connectivity index (χ2v) is 2.97. The molecule has 0 aromatic heterocycles. The molecule has 0 nitrogen and oxygen atoms in total. The highest BCUT2D eigenvalue weighted by Crippen LogP contribution is 2.08. The van der Waals surface area contributed by atoms with Crippen molar-refractivity contribution in [2.24, 2.45) is 0 Å². The van der Waals surface area contributed by atoms with Crippen LogP contribution in [0.15, 0.2) is 24.3 Å². The third kappa shape index (κ3) is 4.94. The molecule has 0 radical (unpaired) electrons. The Kier molecular flexibility index (Phi) is 7.82. The predicted octanol–water partition coefficient (Wildman–Crippen LogP) is 4.40. The molecule has 0 atom stereocenters. The van der Waals surface area contributed by atoms with Gasteiger partial charge in [-0.05, 0) is 17.5 Å². The van der Waals surface area contributed by atoms with Crippen molar-refractivity contribution < 1.29 is 0 Å². The van der Waals surface area contributed by atoms with E-state index in [0.717, 1.165) is 0 Å². The third-order valence-corrected chi connectivity index (χ3v) is 2.02. The Morgan fingerprint density at radius 3 is 1.85 bits per heavy atom. The second kappa shape index (κ2) is 8.12. The lowest BCUT2D eigenvalue weighted by Crippen LogP contribution is -1.83. The zero-order valence-electron chi connectivity index (χ0n) is 8.81.